The Morgan fingerprint density at radius 1 is 1.47 bits per heavy atom. The highest BCUT2D eigenvalue weighted by atomic mass is 16.2. The number of carbonyl (C=O) groups excluding carboxylic acids is 1. The van der Waals surface area contributed by atoms with Crippen LogP contribution < -0.4 is 5.32 Å². The summed E-state index contributed by atoms with van der Waals surface area (Å²) in [4.78, 5) is 14.4. The van der Waals surface area contributed by atoms with Gasteiger partial charge in [-0.1, -0.05) is 27.2 Å². The molecule has 0 radical (unpaired) electrons. The van der Waals surface area contributed by atoms with Crippen LogP contribution in [0.2, 0.25) is 0 Å². The van der Waals surface area contributed by atoms with Gasteiger partial charge in [-0.15, -0.1) is 0 Å². The van der Waals surface area contributed by atoms with Gasteiger partial charge < -0.3 is 4.90 Å². The van der Waals surface area contributed by atoms with E-state index in [1.807, 2.05) is 6.92 Å². The third kappa shape index (κ3) is 2.49. The summed E-state index contributed by atoms with van der Waals surface area (Å²) < 4.78 is 0. The lowest BCUT2D eigenvalue weighted by Crippen LogP contribution is -2.47. The van der Waals surface area contributed by atoms with Crippen molar-refractivity contribution in [2.45, 2.75) is 78.0 Å². The fourth-order valence-corrected chi connectivity index (χ4v) is 3.46. The Hall–Kier alpha value is -0.570. The molecule has 2 rings (SSSR count). The van der Waals surface area contributed by atoms with Crippen molar-refractivity contribution in [3.63, 3.8) is 0 Å². The van der Waals surface area contributed by atoms with Crippen molar-refractivity contribution in [1.82, 2.24) is 10.2 Å². The van der Waals surface area contributed by atoms with E-state index in [0.29, 0.717) is 17.4 Å². The Bertz CT molecular complexity index is 301. The predicted molar refractivity (Wildman–Crippen MR) is 69.6 cm³/mol. The molecular weight excluding hydrogens is 212 g/mol. The van der Waals surface area contributed by atoms with E-state index < -0.39 is 0 Å². The summed E-state index contributed by atoms with van der Waals surface area (Å²) in [6, 6.07) is 0.457. The summed E-state index contributed by atoms with van der Waals surface area (Å²) in [7, 11) is 0. The van der Waals surface area contributed by atoms with Crippen LogP contribution in [0, 0.1) is 5.41 Å². The Morgan fingerprint density at radius 3 is 2.76 bits per heavy atom. The monoisotopic (exact) mass is 238 g/mol. The van der Waals surface area contributed by atoms with Gasteiger partial charge in [0.25, 0.3) is 0 Å². The van der Waals surface area contributed by atoms with Gasteiger partial charge in [0.1, 0.15) is 0 Å². The van der Waals surface area contributed by atoms with Crippen LogP contribution in [0.5, 0.6) is 0 Å². The lowest BCUT2D eigenvalue weighted by molar-refractivity contribution is -0.133. The maximum Gasteiger partial charge on any atom is 0.240 e. The third-order valence-electron chi connectivity index (χ3n) is 4.36. The maximum absolute atomic E-state index is 12.2. The zero-order valence-corrected chi connectivity index (χ0v) is 11.6. The van der Waals surface area contributed by atoms with Crippen LogP contribution in [0.1, 0.15) is 59.8 Å². The van der Waals surface area contributed by atoms with Gasteiger partial charge in [-0.05, 0) is 38.0 Å². The molecule has 2 aliphatic rings. The summed E-state index contributed by atoms with van der Waals surface area (Å²) in [5, 5.41) is 3.40. The van der Waals surface area contributed by atoms with Gasteiger partial charge in [-0.2, -0.15) is 0 Å². The van der Waals surface area contributed by atoms with E-state index in [0.717, 1.165) is 12.8 Å². The number of hydrogen-bond donors (Lipinski definition) is 1. The van der Waals surface area contributed by atoms with E-state index in [2.05, 4.69) is 31.0 Å². The van der Waals surface area contributed by atoms with Gasteiger partial charge in [0, 0.05) is 6.04 Å². The van der Waals surface area contributed by atoms with E-state index in [1.54, 1.807) is 0 Å². The average Bonchev–Trinajstić information content (AvgIpc) is 2.53. The molecule has 3 heteroatoms. The highest BCUT2D eigenvalue weighted by Gasteiger charge is 2.42. The minimum absolute atomic E-state index is 0.00462. The molecule has 0 aromatic rings. The topological polar surface area (TPSA) is 32.3 Å². The van der Waals surface area contributed by atoms with Crippen LogP contribution in [0.15, 0.2) is 0 Å². The smallest absolute Gasteiger partial charge is 0.240 e. The van der Waals surface area contributed by atoms with Crippen LogP contribution in [0.3, 0.4) is 0 Å². The molecule has 1 amide bonds. The molecule has 3 unspecified atom stereocenters. The summed E-state index contributed by atoms with van der Waals surface area (Å²) in [5.41, 5.74) is 0.396. The van der Waals surface area contributed by atoms with Crippen molar-refractivity contribution in [2.75, 3.05) is 0 Å². The molecule has 1 saturated heterocycles. The SMILES string of the molecule is CCC1NC(C)C(=O)N1C1CCCC(C)(C)C1. The van der Waals surface area contributed by atoms with Crippen LogP contribution in [0.4, 0.5) is 0 Å². The fourth-order valence-electron chi connectivity index (χ4n) is 3.46. The molecule has 1 N–H and O–H groups in total. The summed E-state index contributed by atoms with van der Waals surface area (Å²) >= 11 is 0. The van der Waals surface area contributed by atoms with Gasteiger partial charge in [0.15, 0.2) is 0 Å². The molecule has 0 spiro atoms. The molecule has 3 atom stereocenters. The number of nitrogens with zero attached hydrogens (tertiary/aromatic N) is 1. The maximum atomic E-state index is 12.2. The van der Waals surface area contributed by atoms with E-state index in [9.17, 15) is 4.79 Å². The van der Waals surface area contributed by atoms with E-state index in [1.165, 1.54) is 19.3 Å². The molecule has 17 heavy (non-hydrogen) atoms. The first-order valence-corrected chi connectivity index (χ1v) is 7.03. The Labute approximate surface area is 105 Å². The van der Waals surface area contributed by atoms with Crippen molar-refractivity contribution >= 4 is 5.91 Å². The second kappa shape index (κ2) is 4.60. The molecule has 1 saturated carbocycles. The molecule has 1 heterocycles. The molecular formula is C14H26N2O. The second-order valence-corrected chi connectivity index (χ2v) is 6.47. The summed E-state index contributed by atoms with van der Waals surface area (Å²) in [5.74, 6) is 0.305. The van der Waals surface area contributed by atoms with E-state index in [4.69, 9.17) is 0 Å². The first kappa shape index (κ1) is 12.9. The molecule has 98 valence electrons. The minimum Gasteiger partial charge on any atom is -0.323 e. The molecule has 0 aromatic carbocycles. The van der Waals surface area contributed by atoms with Crippen molar-refractivity contribution in [2.24, 2.45) is 5.41 Å². The fraction of sp³-hybridized carbons (Fsp3) is 0.929. The first-order chi connectivity index (χ1) is 7.94. The molecule has 3 nitrogen and oxygen atoms in total. The lowest BCUT2D eigenvalue weighted by atomic mass is 9.74. The van der Waals surface area contributed by atoms with Gasteiger partial charge in [-0.3, -0.25) is 10.1 Å². The normalized spacial score (nSPS) is 37.5. The molecule has 1 aliphatic carbocycles. The summed E-state index contributed by atoms with van der Waals surface area (Å²) in [6.45, 7) is 8.80. The lowest BCUT2D eigenvalue weighted by Gasteiger charge is -2.41. The van der Waals surface area contributed by atoms with Crippen LogP contribution >= 0.6 is 0 Å². The van der Waals surface area contributed by atoms with Crippen molar-refractivity contribution < 1.29 is 4.79 Å². The average molecular weight is 238 g/mol. The molecule has 0 bridgehead atoms. The number of carbonyl (C=O) groups is 1. The standard InChI is InChI=1S/C14H26N2O/c1-5-12-15-10(2)13(17)16(12)11-7-6-8-14(3,4)9-11/h10-12,15H,5-9H2,1-4H3. The second-order valence-electron chi connectivity index (χ2n) is 6.47. The van der Waals surface area contributed by atoms with Crippen LogP contribution in [-0.2, 0) is 4.79 Å². The number of nitrogens with one attached hydrogen (secondary N) is 1. The highest BCUT2D eigenvalue weighted by Crippen LogP contribution is 2.38. The molecule has 1 aliphatic heterocycles. The minimum atomic E-state index is 0.00462. The largest absolute Gasteiger partial charge is 0.323 e. The Balaban J connectivity index is 2.12. The zero-order chi connectivity index (χ0) is 12.6. The van der Waals surface area contributed by atoms with Gasteiger partial charge in [0.2, 0.25) is 5.91 Å². The zero-order valence-electron chi connectivity index (χ0n) is 11.6. The Kier molecular flexibility index (Phi) is 3.48. The van der Waals surface area contributed by atoms with Crippen molar-refractivity contribution in [3.05, 3.63) is 0 Å². The van der Waals surface area contributed by atoms with Gasteiger partial charge in [-0.25, -0.2) is 0 Å². The quantitative estimate of drug-likeness (QED) is 0.801. The predicted octanol–water partition coefficient (Wildman–Crippen LogP) is 2.51. The van der Waals surface area contributed by atoms with Crippen molar-refractivity contribution in [3.8, 4) is 0 Å². The van der Waals surface area contributed by atoms with Crippen molar-refractivity contribution in [1.29, 1.82) is 0 Å². The van der Waals surface area contributed by atoms with E-state index in [-0.39, 0.29) is 12.2 Å². The third-order valence-corrected chi connectivity index (χ3v) is 4.36. The summed E-state index contributed by atoms with van der Waals surface area (Å²) in [6.07, 6.45) is 6.16. The Morgan fingerprint density at radius 2 is 2.18 bits per heavy atom. The number of rotatable bonds is 2. The van der Waals surface area contributed by atoms with Gasteiger partial charge in [0.05, 0.1) is 12.2 Å². The van der Waals surface area contributed by atoms with Crippen LogP contribution in [-0.4, -0.2) is 29.1 Å². The molecule has 2 fully saturated rings. The van der Waals surface area contributed by atoms with Gasteiger partial charge >= 0.3 is 0 Å². The molecule has 0 aromatic heterocycles. The van der Waals surface area contributed by atoms with Crippen LogP contribution in [0.25, 0.3) is 0 Å². The highest BCUT2D eigenvalue weighted by molar-refractivity contribution is 5.84. The first-order valence-electron chi connectivity index (χ1n) is 7.03. The number of hydrogen-bond acceptors (Lipinski definition) is 2. The van der Waals surface area contributed by atoms with E-state index >= 15 is 0 Å². The number of amides is 1.